The van der Waals surface area contributed by atoms with Gasteiger partial charge in [0.25, 0.3) is 5.56 Å². The van der Waals surface area contributed by atoms with E-state index < -0.39 is 0 Å². The number of halogens is 2. The molecule has 1 aromatic heterocycles. The Morgan fingerprint density at radius 1 is 1.00 bits per heavy atom. The second-order valence-corrected chi connectivity index (χ2v) is 5.43. The van der Waals surface area contributed by atoms with Crippen LogP contribution in [0.1, 0.15) is 0 Å². The van der Waals surface area contributed by atoms with Crippen LogP contribution in [-0.4, -0.2) is 4.98 Å². The van der Waals surface area contributed by atoms with Gasteiger partial charge in [-0.15, -0.1) is 0 Å². The van der Waals surface area contributed by atoms with Gasteiger partial charge in [0.15, 0.2) is 0 Å². The Morgan fingerprint density at radius 2 is 1.74 bits per heavy atom. The highest BCUT2D eigenvalue weighted by Crippen LogP contribution is 2.32. The molecule has 1 N–H and O–H groups in total. The predicted molar refractivity (Wildman–Crippen MR) is 82.7 cm³/mol. The summed E-state index contributed by atoms with van der Waals surface area (Å²) < 4.78 is 0.843. The molecule has 2 nitrogen and oxygen atoms in total. The van der Waals surface area contributed by atoms with E-state index in [1.54, 1.807) is 18.2 Å². The average molecular weight is 335 g/mol. The fourth-order valence-corrected chi connectivity index (χ4v) is 2.90. The van der Waals surface area contributed by atoms with Crippen molar-refractivity contribution in [3.8, 4) is 11.3 Å². The van der Waals surface area contributed by atoms with Gasteiger partial charge in [0.05, 0.1) is 5.69 Å². The van der Waals surface area contributed by atoms with E-state index in [1.165, 1.54) is 0 Å². The van der Waals surface area contributed by atoms with Gasteiger partial charge in [-0.2, -0.15) is 0 Å². The predicted octanol–water partition coefficient (Wildman–Crippen LogP) is 4.61. The number of fused-ring (bicyclic) bond motifs is 1. The smallest absolute Gasteiger partial charge is 0.256 e. The SMILES string of the molecule is O=c1[nH]c(-c2ccccc2)c(Br)c2cc(Cl)ccc12. The molecule has 0 saturated heterocycles. The number of aromatic nitrogens is 1. The first-order valence-corrected chi connectivity index (χ1v) is 6.90. The lowest BCUT2D eigenvalue weighted by molar-refractivity contribution is 1.27. The Kier molecular flexibility index (Phi) is 3.17. The number of nitrogens with one attached hydrogen (secondary N) is 1. The molecule has 0 unspecified atom stereocenters. The molecule has 4 heteroatoms. The van der Waals surface area contributed by atoms with Crippen molar-refractivity contribution in [2.45, 2.75) is 0 Å². The maximum atomic E-state index is 12.1. The van der Waals surface area contributed by atoms with Crippen molar-refractivity contribution in [1.29, 1.82) is 0 Å². The van der Waals surface area contributed by atoms with E-state index in [9.17, 15) is 4.79 Å². The van der Waals surface area contributed by atoms with E-state index >= 15 is 0 Å². The van der Waals surface area contributed by atoms with Crippen molar-refractivity contribution in [3.63, 3.8) is 0 Å². The van der Waals surface area contributed by atoms with Crippen molar-refractivity contribution in [2.24, 2.45) is 0 Å². The molecule has 0 aliphatic heterocycles. The van der Waals surface area contributed by atoms with Gasteiger partial charge in [-0.05, 0) is 39.7 Å². The zero-order valence-electron chi connectivity index (χ0n) is 9.78. The zero-order valence-corrected chi connectivity index (χ0v) is 12.1. The molecule has 0 aliphatic carbocycles. The van der Waals surface area contributed by atoms with Crippen molar-refractivity contribution in [3.05, 3.63) is 68.4 Å². The minimum absolute atomic E-state index is 0.117. The van der Waals surface area contributed by atoms with Crippen LogP contribution in [-0.2, 0) is 0 Å². The molecule has 0 fully saturated rings. The first-order valence-electron chi connectivity index (χ1n) is 5.73. The van der Waals surface area contributed by atoms with E-state index in [0.29, 0.717) is 10.4 Å². The minimum Gasteiger partial charge on any atom is -0.320 e. The first kappa shape index (κ1) is 12.5. The van der Waals surface area contributed by atoms with E-state index in [-0.39, 0.29) is 5.56 Å². The van der Waals surface area contributed by atoms with Gasteiger partial charge in [0.1, 0.15) is 0 Å². The number of benzene rings is 2. The largest absolute Gasteiger partial charge is 0.320 e. The summed E-state index contributed by atoms with van der Waals surface area (Å²) in [6.07, 6.45) is 0. The van der Waals surface area contributed by atoms with Gasteiger partial charge >= 0.3 is 0 Å². The number of rotatable bonds is 1. The minimum atomic E-state index is -0.117. The highest BCUT2D eigenvalue weighted by molar-refractivity contribution is 9.10. The quantitative estimate of drug-likeness (QED) is 0.692. The molecule has 2 aromatic carbocycles. The van der Waals surface area contributed by atoms with Crippen LogP contribution in [0.5, 0.6) is 0 Å². The Labute approximate surface area is 123 Å². The first-order chi connectivity index (χ1) is 9.16. The zero-order chi connectivity index (χ0) is 13.4. The van der Waals surface area contributed by atoms with Crippen LogP contribution in [0, 0.1) is 0 Å². The standard InChI is InChI=1S/C15H9BrClNO/c16-13-12-8-10(17)6-7-11(12)15(19)18-14(13)9-4-2-1-3-5-9/h1-8H,(H,18,19). The molecule has 0 saturated carbocycles. The molecule has 0 spiro atoms. The Bertz CT molecular complexity index is 811. The Balaban J connectivity index is 2.40. The van der Waals surface area contributed by atoms with Crippen LogP contribution in [0.2, 0.25) is 5.02 Å². The molecule has 0 amide bonds. The molecule has 19 heavy (non-hydrogen) atoms. The summed E-state index contributed by atoms with van der Waals surface area (Å²) in [7, 11) is 0. The molecule has 3 aromatic rings. The third-order valence-corrected chi connectivity index (χ3v) is 4.04. The topological polar surface area (TPSA) is 32.9 Å². The summed E-state index contributed by atoms with van der Waals surface area (Å²) >= 11 is 9.57. The van der Waals surface area contributed by atoms with E-state index in [1.807, 2.05) is 30.3 Å². The highest BCUT2D eigenvalue weighted by atomic mass is 79.9. The van der Waals surface area contributed by atoms with Crippen molar-refractivity contribution in [1.82, 2.24) is 4.98 Å². The van der Waals surface area contributed by atoms with Gasteiger partial charge < -0.3 is 4.98 Å². The third kappa shape index (κ3) is 2.20. The average Bonchev–Trinajstić information content (AvgIpc) is 2.43. The summed E-state index contributed by atoms with van der Waals surface area (Å²) in [5, 5.41) is 2.05. The molecular formula is C15H9BrClNO. The molecule has 1 heterocycles. The molecule has 0 aliphatic rings. The fraction of sp³-hybridized carbons (Fsp3) is 0. The van der Waals surface area contributed by atoms with Crippen molar-refractivity contribution < 1.29 is 0 Å². The summed E-state index contributed by atoms with van der Waals surface area (Å²) in [5.74, 6) is 0. The second kappa shape index (κ2) is 4.83. The second-order valence-electron chi connectivity index (χ2n) is 4.20. The maximum Gasteiger partial charge on any atom is 0.256 e. The number of pyridine rings is 1. The van der Waals surface area contributed by atoms with Crippen LogP contribution in [0.25, 0.3) is 22.0 Å². The molecule has 0 bridgehead atoms. The number of aromatic amines is 1. The summed E-state index contributed by atoms with van der Waals surface area (Å²) in [6.45, 7) is 0. The van der Waals surface area contributed by atoms with Gasteiger partial charge in [-0.3, -0.25) is 4.79 Å². The fourth-order valence-electron chi connectivity index (χ4n) is 2.07. The normalized spacial score (nSPS) is 10.8. The summed E-state index contributed by atoms with van der Waals surface area (Å²) in [6, 6.07) is 14.9. The van der Waals surface area contributed by atoms with Gasteiger partial charge in [0.2, 0.25) is 0 Å². The van der Waals surface area contributed by atoms with Gasteiger partial charge in [-0.1, -0.05) is 41.9 Å². The molecular weight excluding hydrogens is 326 g/mol. The molecule has 94 valence electrons. The van der Waals surface area contributed by atoms with Crippen molar-refractivity contribution >= 4 is 38.3 Å². The molecule has 0 atom stereocenters. The maximum absolute atomic E-state index is 12.1. The molecule has 0 radical (unpaired) electrons. The highest BCUT2D eigenvalue weighted by Gasteiger charge is 2.11. The van der Waals surface area contributed by atoms with Crippen LogP contribution in [0.3, 0.4) is 0 Å². The third-order valence-electron chi connectivity index (χ3n) is 2.98. The number of hydrogen-bond acceptors (Lipinski definition) is 1. The van der Waals surface area contributed by atoms with Crippen molar-refractivity contribution in [2.75, 3.05) is 0 Å². The Morgan fingerprint density at radius 3 is 2.47 bits per heavy atom. The summed E-state index contributed by atoms with van der Waals surface area (Å²) in [5.41, 5.74) is 1.60. The van der Waals surface area contributed by atoms with Crippen LogP contribution < -0.4 is 5.56 Å². The van der Waals surface area contributed by atoms with E-state index in [4.69, 9.17) is 11.6 Å². The van der Waals surface area contributed by atoms with E-state index in [2.05, 4.69) is 20.9 Å². The van der Waals surface area contributed by atoms with Crippen LogP contribution in [0.4, 0.5) is 0 Å². The molecule has 3 rings (SSSR count). The Hall–Kier alpha value is -1.58. The number of H-pyrrole nitrogens is 1. The monoisotopic (exact) mass is 333 g/mol. The number of hydrogen-bond donors (Lipinski definition) is 1. The van der Waals surface area contributed by atoms with Crippen LogP contribution in [0.15, 0.2) is 57.8 Å². The lowest BCUT2D eigenvalue weighted by Crippen LogP contribution is -2.08. The summed E-state index contributed by atoms with van der Waals surface area (Å²) in [4.78, 5) is 15.0. The van der Waals surface area contributed by atoms with Gasteiger partial charge in [0, 0.05) is 20.3 Å². The lowest BCUT2D eigenvalue weighted by atomic mass is 10.1. The van der Waals surface area contributed by atoms with Crippen LogP contribution >= 0.6 is 27.5 Å². The lowest BCUT2D eigenvalue weighted by Gasteiger charge is -2.08. The van der Waals surface area contributed by atoms with Gasteiger partial charge in [-0.25, -0.2) is 0 Å². The van der Waals surface area contributed by atoms with E-state index in [0.717, 1.165) is 21.1 Å².